The summed E-state index contributed by atoms with van der Waals surface area (Å²) >= 11 is 12.2. The first-order valence-corrected chi connectivity index (χ1v) is 15.8. The molecule has 10 nitrogen and oxygen atoms in total. The van der Waals surface area contributed by atoms with Crippen molar-refractivity contribution in [3.8, 4) is 5.69 Å². The average Bonchev–Trinajstić information content (AvgIpc) is 3.37. The number of amides is 1. The molecule has 0 unspecified atom stereocenters. The van der Waals surface area contributed by atoms with E-state index in [-0.39, 0.29) is 46.3 Å². The van der Waals surface area contributed by atoms with E-state index in [4.69, 9.17) is 28.2 Å². The molecule has 42 heavy (non-hydrogen) atoms. The van der Waals surface area contributed by atoms with Gasteiger partial charge in [0.15, 0.2) is 9.84 Å². The summed E-state index contributed by atoms with van der Waals surface area (Å²) in [6.45, 7) is 5.87. The lowest BCUT2D eigenvalue weighted by Gasteiger charge is -2.35. The minimum absolute atomic E-state index is 0.112. The monoisotopic (exact) mass is 628 g/mol. The number of aromatic nitrogens is 4. The van der Waals surface area contributed by atoms with Gasteiger partial charge in [0.25, 0.3) is 11.5 Å². The van der Waals surface area contributed by atoms with Crippen LogP contribution in [0.3, 0.4) is 0 Å². The predicted octanol–water partition coefficient (Wildman–Crippen LogP) is 4.61. The third-order valence-electron chi connectivity index (χ3n) is 7.42. The molecule has 0 saturated heterocycles. The fourth-order valence-electron chi connectivity index (χ4n) is 4.99. The van der Waals surface area contributed by atoms with E-state index in [1.807, 2.05) is 34.0 Å². The Balaban J connectivity index is 1.62. The summed E-state index contributed by atoms with van der Waals surface area (Å²) < 4.78 is 27.3. The van der Waals surface area contributed by atoms with E-state index >= 15 is 0 Å². The lowest BCUT2D eigenvalue weighted by Crippen LogP contribution is -2.46. The number of hydrogen-bond donors (Lipinski definition) is 1. The Bertz CT molecular complexity index is 1870. The Hall–Kier alpha value is -3.67. The van der Waals surface area contributed by atoms with E-state index in [1.54, 1.807) is 40.0 Å². The SMILES string of the molecule is C[C@@H]1Cc2c(nc(NC(C)(C)c3cnn(C)c3)n(-c3ccc(S(C)(=O)=O)cc3)c2=O)CN1C(=O)c1ccc(Cl)c(Cl)c1. The number of anilines is 1. The number of nitrogens with zero attached hydrogens (tertiary/aromatic N) is 5. The normalized spacial score (nSPS) is 15.4. The zero-order valence-corrected chi connectivity index (χ0v) is 26.0. The third-order valence-corrected chi connectivity index (χ3v) is 9.28. The average molecular weight is 630 g/mol. The largest absolute Gasteiger partial charge is 0.346 e. The molecular weight excluding hydrogens is 599 g/mol. The summed E-state index contributed by atoms with van der Waals surface area (Å²) in [5.41, 5.74) is 1.65. The fourth-order valence-corrected chi connectivity index (χ4v) is 5.92. The van der Waals surface area contributed by atoms with Gasteiger partial charge in [0, 0.05) is 42.2 Å². The maximum atomic E-state index is 14.1. The molecule has 5 rings (SSSR count). The van der Waals surface area contributed by atoms with Crippen LogP contribution in [0.5, 0.6) is 0 Å². The molecule has 0 aliphatic carbocycles. The predicted molar refractivity (Wildman–Crippen MR) is 162 cm³/mol. The number of sulfone groups is 1. The van der Waals surface area contributed by atoms with Gasteiger partial charge in [0.2, 0.25) is 5.95 Å². The van der Waals surface area contributed by atoms with Crippen molar-refractivity contribution in [3.05, 3.63) is 97.6 Å². The second-order valence-electron chi connectivity index (χ2n) is 11.0. The molecule has 2 aromatic carbocycles. The van der Waals surface area contributed by atoms with Crippen LogP contribution in [0.1, 0.15) is 48.0 Å². The topological polar surface area (TPSA) is 119 Å². The summed E-state index contributed by atoms with van der Waals surface area (Å²) in [6.07, 6.45) is 5.01. The molecule has 1 aliphatic heterocycles. The van der Waals surface area contributed by atoms with E-state index in [1.165, 1.54) is 22.8 Å². The van der Waals surface area contributed by atoms with Gasteiger partial charge < -0.3 is 10.2 Å². The van der Waals surface area contributed by atoms with Gasteiger partial charge in [-0.25, -0.2) is 18.0 Å². The summed E-state index contributed by atoms with van der Waals surface area (Å²) in [4.78, 5) is 34.3. The highest BCUT2D eigenvalue weighted by Crippen LogP contribution is 2.30. The van der Waals surface area contributed by atoms with Crippen LogP contribution in [0, 0.1) is 0 Å². The number of fused-ring (bicyclic) bond motifs is 1. The lowest BCUT2D eigenvalue weighted by atomic mass is 9.97. The maximum Gasteiger partial charge on any atom is 0.263 e. The highest BCUT2D eigenvalue weighted by Gasteiger charge is 2.33. The molecule has 0 radical (unpaired) electrons. The fraction of sp³-hybridized carbons (Fsp3) is 0.310. The van der Waals surface area contributed by atoms with E-state index < -0.39 is 15.4 Å². The smallest absolute Gasteiger partial charge is 0.263 e. The first-order chi connectivity index (χ1) is 19.7. The first-order valence-electron chi connectivity index (χ1n) is 13.1. The van der Waals surface area contributed by atoms with Crippen LogP contribution in [-0.2, 0) is 35.4 Å². The molecule has 0 saturated carbocycles. The van der Waals surface area contributed by atoms with Crippen molar-refractivity contribution >= 4 is 44.9 Å². The molecule has 3 heterocycles. The van der Waals surface area contributed by atoms with Gasteiger partial charge >= 0.3 is 0 Å². The van der Waals surface area contributed by atoms with Gasteiger partial charge in [-0.05, 0) is 69.7 Å². The van der Waals surface area contributed by atoms with Gasteiger partial charge in [-0.15, -0.1) is 0 Å². The summed E-state index contributed by atoms with van der Waals surface area (Å²) in [5.74, 6) is -0.00421. The molecule has 1 aliphatic rings. The van der Waals surface area contributed by atoms with Crippen LogP contribution in [0.4, 0.5) is 5.95 Å². The summed E-state index contributed by atoms with van der Waals surface area (Å²) in [6, 6.07) is 10.5. The molecule has 0 bridgehead atoms. The number of hydrogen-bond acceptors (Lipinski definition) is 7. The number of carbonyl (C=O) groups excluding carboxylic acids is 1. The lowest BCUT2D eigenvalue weighted by molar-refractivity contribution is 0.0653. The van der Waals surface area contributed by atoms with E-state index in [0.29, 0.717) is 27.5 Å². The van der Waals surface area contributed by atoms with E-state index in [0.717, 1.165) is 11.8 Å². The summed E-state index contributed by atoms with van der Waals surface area (Å²) in [7, 11) is -1.61. The van der Waals surface area contributed by atoms with Crippen LogP contribution in [0.2, 0.25) is 10.0 Å². The molecular formula is C29H30Cl2N6O4S. The number of nitrogens with one attached hydrogen (secondary N) is 1. The number of aryl methyl sites for hydroxylation is 1. The number of rotatable bonds is 6. The molecule has 2 aromatic heterocycles. The van der Waals surface area contributed by atoms with Gasteiger partial charge in [-0.3, -0.25) is 14.3 Å². The van der Waals surface area contributed by atoms with E-state index in [2.05, 4.69) is 10.4 Å². The minimum Gasteiger partial charge on any atom is -0.346 e. The first kappa shape index (κ1) is 29.8. The Kier molecular flexibility index (Phi) is 7.71. The van der Waals surface area contributed by atoms with Crippen molar-refractivity contribution in [1.82, 2.24) is 24.2 Å². The van der Waals surface area contributed by atoms with Crippen LogP contribution in [0.25, 0.3) is 5.69 Å². The molecule has 13 heteroatoms. The number of halogens is 2. The standard InChI is InChI=1S/C29H30Cl2N6O4S/c1-17-12-22-25(16-36(17)26(38)18-6-11-23(30)24(31)13-18)33-28(34-29(2,3)19-14-32-35(4)15-19)37(27(22)39)20-7-9-21(10-8-20)42(5,40)41/h6-11,13-15,17H,12,16H2,1-5H3,(H,33,34)/t17-/m1/s1. The van der Waals surface area contributed by atoms with Crippen LogP contribution < -0.4 is 10.9 Å². The molecule has 1 atom stereocenters. The molecule has 0 spiro atoms. The quantitative estimate of drug-likeness (QED) is 0.331. The Labute approximate surface area is 253 Å². The maximum absolute atomic E-state index is 14.1. The molecule has 1 N–H and O–H groups in total. The second kappa shape index (κ2) is 10.9. The van der Waals surface area contributed by atoms with Gasteiger partial charge in [-0.1, -0.05) is 23.2 Å². The molecule has 0 fully saturated rings. The van der Waals surface area contributed by atoms with Crippen molar-refractivity contribution in [2.45, 2.75) is 50.2 Å². The highest BCUT2D eigenvalue weighted by atomic mass is 35.5. The zero-order chi connectivity index (χ0) is 30.6. The van der Waals surface area contributed by atoms with Crippen molar-refractivity contribution in [2.24, 2.45) is 7.05 Å². The van der Waals surface area contributed by atoms with Crippen molar-refractivity contribution in [2.75, 3.05) is 11.6 Å². The Morgan fingerprint density at radius 2 is 1.79 bits per heavy atom. The molecule has 220 valence electrons. The van der Waals surface area contributed by atoms with Crippen molar-refractivity contribution < 1.29 is 13.2 Å². The zero-order valence-electron chi connectivity index (χ0n) is 23.7. The number of carbonyl (C=O) groups is 1. The second-order valence-corrected chi connectivity index (χ2v) is 13.9. The van der Waals surface area contributed by atoms with Crippen molar-refractivity contribution in [1.29, 1.82) is 0 Å². The van der Waals surface area contributed by atoms with E-state index in [9.17, 15) is 18.0 Å². The van der Waals surface area contributed by atoms with Gasteiger partial charge in [-0.2, -0.15) is 5.10 Å². The van der Waals surface area contributed by atoms with Gasteiger partial charge in [0.1, 0.15) is 0 Å². The molecule has 1 amide bonds. The summed E-state index contributed by atoms with van der Waals surface area (Å²) in [5, 5.41) is 8.30. The van der Waals surface area contributed by atoms with Crippen molar-refractivity contribution in [3.63, 3.8) is 0 Å². The highest BCUT2D eigenvalue weighted by molar-refractivity contribution is 7.90. The van der Waals surface area contributed by atoms with Crippen LogP contribution >= 0.6 is 23.2 Å². The van der Waals surface area contributed by atoms with Gasteiger partial charge in [0.05, 0.1) is 44.6 Å². The Morgan fingerprint density at radius 3 is 2.38 bits per heavy atom. The van der Waals surface area contributed by atoms with Crippen LogP contribution in [0.15, 0.2) is 64.5 Å². The molecule has 4 aromatic rings. The van der Waals surface area contributed by atoms with Crippen LogP contribution in [-0.4, -0.2) is 50.9 Å². The number of benzene rings is 2. The minimum atomic E-state index is -3.43. The third kappa shape index (κ3) is 5.68. The Morgan fingerprint density at radius 1 is 1.10 bits per heavy atom.